The molecule has 7 nitrogen and oxygen atoms in total. The Hall–Kier alpha value is -3.16. The summed E-state index contributed by atoms with van der Waals surface area (Å²) in [6.07, 6.45) is 2.79. The van der Waals surface area contributed by atoms with E-state index in [9.17, 15) is 0 Å². The second-order valence-corrected chi connectivity index (χ2v) is 8.54. The summed E-state index contributed by atoms with van der Waals surface area (Å²) in [6, 6.07) is 19.1. The smallest absolute Gasteiger partial charge is 0.229 e. The molecule has 0 spiro atoms. The van der Waals surface area contributed by atoms with Gasteiger partial charge >= 0.3 is 0 Å². The molecule has 7 heteroatoms. The van der Waals surface area contributed by atoms with Crippen LogP contribution in [0.3, 0.4) is 0 Å². The number of aryl methyl sites for hydroxylation is 1. The van der Waals surface area contributed by atoms with Gasteiger partial charge in [0.1, 0.15) is 0 Å². The summed E-state index contributed by atoms with van der Waals surface area (Å²) in [6.45, 7) is 7.02. The Morgan fingerprint density at radius 3 is 2.47 bits per heavy atom. The Bertz CT molecular complexity index is 1030. The van der Waals surface area contributed by atoms with Crippen LogP contribution in [0.2, 0.25) is 0 Å². The second-order valence-electron chi connectivity index (χ2n) is 8.54. The minimum absolute atomic E-state index is 0.153. The zero-order chi connectivity index (χ0) is 21.9. The Morgan fingerprint density at radius 2 is 1.72 bits per heavy atom. The van der Waals surface area contributed by atoms with Crippen molar-refractivity contribution in [3.63, 3.8) is 0 Å². The lowest BCUT2D eigenvalue weighted by Gasteiger charge is -2.34. The first-order valence-electron chi connectivity index (χ1n) is 11.3. The maximum absolute atomic E-state index is 5.99. The van der Waals surface area contributed by atoms with E-state index < -0.39 is 0 Å². The van der Waals surface area contributed by atoms with Crippen LogP contribution in [0.4, 0.5) is 23.1 Å². The van der Waals surface area contributed by atoms with Crippen molar-refractivity contribution in [1.82, 2.24) is 14.9 Å². The quantitative estimate of drug-likeness (QED) is 0.652. The highest BCUT2D eigenvalue weighted by atomic mass is 16.7. The number of hydrogen-bond donors (Lipinski definition) is 1. The van der Waals surface area contributed by atoms with Crippen molar-refractivity contribution >= 4 is 23.1 Å². The van der Waals surface area contributed by atoms with Crippen LogP contribution in [0.5, 0.6) is 0 Å². The van der Waals surface area contributed by atoms with Gasteiger partial charge < -0.3 is 15.1 Å². The highest BCUT2D eigenvalue weighted by Gasteiger charge is 2.30. The van der Waals surface area contributed by atoms with Gasteiger partial charge in [-0.25, -0.2) is 10.0 Å². The molecule has 32 heavy (non-hydrogen) atoms. The van der Waals surface area contributed by atoms with Crippen molar-refractivity contribution in [1.29, 1.82) is 0 Å². The maximum Gasteiger partial charge on any atom is 0.229 e. The number of nitrogens with one attached hydrogen (secondary N) is 1. The molecule has 1 atom stereocenters. The number of piperazine rings is 1. The third kappa shape index (κ3) is 4.40. The number of nitrogens with zero attached hydrogens (tertiary/aromatic N) is 5. The van der Waals surface area contributed by atoms with Crippen molar-refractivity contribution in [3.05, 3.63) is 71.9 Å². The predicted octanol–water partition coefficient (Wildman–Crippen LogP) is 4.16. The third-order valence-corrected chi connectivity index (χ3v) is 6.23. The highest BCUT2D eigenvalue weighted by molar-refractivity contribution is 5.61. The van der Waals surface area contributed by atoms with E-state index in [4.69, 9.17) is 9.82 Å². The molecule has 1 unspecified atom stereocenters. The molecule has 2 aromatic carbocycles. The van der Waals surface area contributed by atoms with Crippen LogP contribution in [0.15, 0.2) is 60.8 Å². The zero-order valence-electron chi connectivity index (χ0n) is 18.7. The molecule has 166 valence electrons. The summed E-state index contributed by atoms with van der Waals surface area (Å²) in [7, 11) is 2.18. The number of anilines is 4. The van der Waals surface area contributed by atoms with Gasteiger partial charge in [0.25, 0.3) is 0 Å². The van der Waals surface area contributed by atoms with Crippen molar-refractivity contribution in [2.24, 2.45) is 0 Å². The van der Waals surface area contributed by atoms with Crippen LogP contribution in [-0.4, -0.2) is 54.7 Å². The van der Waals surface area contributed by atoms with Gasteiger partial charge in [0, 0.05) is 55.7 Å². The fraction of sp³-hybridized carbons (Fsp3) is 0.360. The normalized spacial score (nSPS) is 19.4. The van der Waals surface area contributed by atoms with E-state index in [1.54, 1.807) is 0 Å². The van der Waals surface area contributed by atoms with E-state index >= 15 is 0 Å². The molecule has 0 aliphatic carbocycles. The van der Waals surface area contributed by atoms with Gasteiger partial charge in [-0.3, -0.25) is 4.84 Å². The van der Waals surface area contributed by atoms with Crippen LogP contribution < -0.4 is 15.3 Å². The molecule has 2 aliphatic heterocycles. The molecule has 3 heterocycles. The molecule has 2 saturated heterocycles. The summed E-state index contributed by atoms with van der Waals surface area (Å²) in [4.78, 5) is 20.1. The second kappa shape index (κ2) is 9.14. The molecule has 2 fully saturated rings. The van der Waals surface area contributed by atoms with E-state index in [1.807, 2.05) is 24.3 Å². The number of aromatic nitrogens is 2. The van der Waals surface area contributed by atoms with E-state index in [1.165, 1.54) is 11.3 Å². The largest absolute Gasteiger partial charge is 0.369 e. The molecule has 0 bridgehead atoms. The topological polar surface area (TPSA) is 56.8 Å². The van der Waals surface area contributed by atoms with E-state index in [0.717, 1.165) is 49.7 Å². The fourth-order valence-corrected chi connectivity index (χ4v) is 4.32. The van der Waals surface area contributed by atoms with Gasteiger partial charge in [-0.1, -0.05) is 30.3 Å². The fourth-order valence-electron chi connectivity index (χ4n) is 4.32. The molecular weight excluding hydrogens is 400 g/mol. The van der Waals surface area contributed by atoms with Gasteiger partial charge in [-0.2, -0.15) is 4.98 Å². The van der Waals surface area contributed by atoms with Crippen LogP contribution in [-0.2, 0) is 4.84 Å². The van der Waals surface area contributed by atoms with Crippen molar-refractivity contribution in [2.75, 3.05) is 55.1 Å². The summed E-state index contributed by atoms with van der Waals surface area (Å²) in [5, 5.41) is 5.29. The van der Waals surface area contributed by atoms with Gasteiger partial charge in [0.2, 0.25) is 5.95 Å². The summed E-state index contributed by atoms with van der Waals surface area (Å²) in [5.41, 5.74) is 4.45. The number of likely N-dealkylation sites (N-methyl/N-ethyl adjacent to an activating group) is 1. The predicted molar refractivity (Wildman–Crippen MR) is 128 cm³/mol. The van der Waals surface area contributed by atoms with Gasteiger partial charge in [0.15, 0.2) is 5.82 Å². The first-order chi connectivity index (χ1) is 15.7. The van der Waals surface area contributed by atoms with E-state index in [0.29, 0.717) is 12.6 Å². The molecule has 2 aliphatic rings. The first kappa shape index (κ1) is 20.7. The Labute approximate surface area is 189 Å². The number of hydrogen-bond acceptors (Lipinski definition) is 7. The maximum atomic E-state index is 5.99. The molecule has 0 radical (unpaired) electrons. The average molecular weight is 431 g/mol. The van der Waals surface area contributed by atoms with Gasteiger partial charge in [0.05, 0.1) is 12.6 Å². The third-order valence-electron chi connectivity index (χ3n) is 6.23. The molecular formula is C25H30N6O. The van der Waals surface area contributed by atoms with E-state index in [2.05, 4.69) is 75.7 Å². The standard InChI is InChI=1S/C25H30N6O/c1-19-18-26-25(27-21-8-10-22(11-9-21)30-15-13-29(2)14-16-30)28-24(19)31-23(12-17-32-31)20-6-4-3-5-7-20/h3-11,18,23H,12-17H2,1-2H3,(H,26,27,28). The molecule has 5 rings (SSSR count). The summed E-state index contributed by atoms with van der Waals surface area (Å²) < 4.78 is 0. The molecule has 0 amide bonds. The van der Waals surface area contributed by atoms with Crippen molar-refractivity contribution < 1.29 is 4.84 Å². The number of hydroxylamine groups is 1. The molecule has 1 N–H and O–H groups in total. The SMILES string of the molecule is Cc1cnc(Nc2ccc(N3CCN(C)CC3)cc2)nc1N1OCCC1c1ccccc1. The van der Waals surface area contributed by atoms with Crippen LogP contribution in [0.1, 0.15) is 23.6 Å². The molecule has 0 saturated carbocycles. The Morgan fingerprint density at radius 1 is 0.969 bits per heavy atom. The monoisotopic (exact) mass is 430 g/mol. The summed E-state index contributed by atoms with van der Waals surface area (Å²) in [5.74, 6) is 1.38. The van der Waals surface area contributed by atoms with Gasteiger partial charge in [-0.05, 0) is 43.8 Å². The zero-order valence-corrected chi connectivity index (χ0v) is 18.7. The van der Waals surface area contributed by atoms with Crippen molar-refractivity contribution in [2.45, 2.75) is 19.4 Å². The lowest BCUT2D eigenvalue weighted by Crippen LogP contribution is -2.44. The number of benzene rings is 2. The first-order valence-corrected chi connectivity index (χ1v) is 11.3. The highest BCUT2D eigenvalue weighted by Crippen LogP contribution is 2.35. The van der Waals surface area contributed by atoms with Crippen LogP contribution in [0, 0.1) is 6.92 Å². The molecule has 1 aromatic heterocycles. The number of rotatable bonds is 5. The summed E-state index contributed by atoms with van der Waals surface area (Å²) >= 11 is 0. The lowest BCUT2D eigenvalue weighted by molar-refractivity contribution is 0.156. The van der Waals surface area contributed by atoms with Crippen LogP contribution in [0.25, 0.3) is 0 Å². The Kier molecular flexibility index (Phi) is 5.92. The minimum Gasteiger partial charge on any atom is -0.369 e. The molecule has 3 aromatic rings. The Balaban J connectivity index is 1.32. The van der Waals surface area contributed by atoms with Crippen LogP contribution >= 0.6 is 0 Å². The minimum atomic E-state index is 0.153. The average Bonchev–Trinajstić information content (AvgIpc) is 3.32. The lowest BCUT2D eigenvalue weighted by atomic mass is 10.0. The van der Waals surface area contributed by atoms with E-state index in [-0.39, 0.29) is 6.04 Å². The van der Waals surface area contributed by atoms with Gasteiger partial charge in [-0.15, -0.1) is 0 Å². The van der Waals surface area contributed by atoms with Crippen molar-refractivity contribution in [3.8, 4) is 0 Å².